The molecule has 8 heteroatoms. The van der Waals surface area contributed by atoms with Gasteiger partial charge in [0.15, 0.2) is 0 Å². The Morgan fingerprint density at radius 3 is 2.90 bits per heavy atom. The van der Waals surface area contributed by atoms with Crippen molar-refractivity contribution in [2.24, 2.45) is 5.73 Å². The van der Waals surface area contributed by atoms with Crippen molar-refractivity contribution in [3.63, 3.8) is 0 Å². The number of imide groups is 1. The number of hydrogen-bond acceptors (Lipinski definition) is 6. The highest BCUT2D eigenvalue weighted by Gasteiger charge is 2.36. The molecule has 1 unspecified atom stereocenters. The number of aromatic nitrogens is 3. The summed E-state index contributed by atoms with van der Waals surface area (Å²) in [6.45, 7) is 0.963. The van der Waals surface area contributed by atoms with Crippen LogP contribution in [0.3, 0.4) is 0 Å². The summed E-state index contributed by atoms with van der Waals surface area (Å²) in [6.07, 6.45) is 6.12. The Morgan fingerprint density at radius 1 is 1.45 bits per heavy atom. The van der Waals surface area contributed by atoms with Crippen molar-refractivity contribution in [3.8, 4) is 0 Å². The highest BCUT2D eigenvalue weighted by molar-refractivity contribution is 7.98. The van der Waals surface area contributed by atoms with E-state index in [0.29, 0.717) is 5.69 Å². The molecule has 1 saturated heterocycles. The van der Waals surface area contributed by atoms with Gasteiger partial charge in [-0.2, -0.15) is 11.8 Å². The molecule has 0 bridgehead atoms. The Bertz CT molecular complexity index is 490. The molecule has 1 fully saturated rings. The lowest BCUT2D eigenvalue weighted by atomic mass is 10.3. The van der Waals surface area contributed by atoms with Gasteiger partial charge in [-0.15, -0.1) is 5.10 Å². The standard InChI is InChI=1S/C12H19N5O2S/c1-20-5-3-2-4-16-7-9(14-15-16)8-17-11(18)6-10(13)12(17)19/h7,10H,2-6,8,13H2,1H3. The van der Waals surface area contributed by atoms with Gasteiger partial charge in [-0.1, -0.05) is 5.21 Å². The number of rotatable bonds is 7. The Balaban J connectivity index is 1.86. The molecule has 2 N–H and O–H groups in total. The second-order valence-corrected chi connectivity index (χ2v) is 5.79. The van der Waals surface area contributed by atoms with Gasteiger partial charge in [-0.25, -0.2) is 0 Å². The predicted molar refractivity (Wildman–Crippen MR) is 75.8 cm³/mol. The summed E-state index contributed by atoms with van der Waals surface area (Å²) >= 11 is 1.83. The first-order chi connectivity index (χ1) is 9.61. The summed E-state index contributed by atoms with van der Waals surface area (Å²) < 4.78 is 1.75. The van der Waals surface area contributed by atoms with E-state index in [0.717, 1.165) is 30.0 Å². The number of amides is 2. The van der Waals surface area contributed by atoms with E-state index in [9.17, 15) is 9.59 Å². The normalized spacial score (nSPS) is 19.1. The van der Waals surface area contributed by atoms with E-state index in [2.05, 4.69) is 16.6 Å². The fourth-order valence-electron chi connectivity index (χ4n) is 2.08. The third-order valence-electron chi connectivity index (χ3n) is 3.17. The topological polar surface area (TPSA) is 94.1 Å². The van der Waals surface area contributed by atoms with Gasteiger partial charge < -0.3 is 5.73 Å². The SMILES string of the molecule is CSCCCCn1cc(CN2C(=O)CC(N)C2=O)nn1. The minimum atomic E-state index is -0.705. The summed E-state index contributed by atoms with van der Waals surface area (Å²) in [7, 11) is 0. The summed E-state index contributed by atoms with van der Waals surface area (Å²) in [5.74, 6) is 0.567. The summed E-state index contributed by atoms with van der Waals surface area (Å²) in [5, 5.41) is 8.00. The van der Waals surface area contributed by atoms with Gasteiger partial charge in [0.2, 0.25) is 11.8 Å². The van der Waals surface area contributed by atoms with Crippen molar-refractivity contribution in [1.29, 1.82) is 0 Å². The molecule has 2 rings (SSSR count). The molecule has 0 radical (unpaired) electrons. The summed E-state index contributed by atoms with van der Waals surface area (Å²) in [5.41, 5.74) is 6.17. The van der Waals surface area contributed by atoms with Gasteiger partial charge in [0.25, 0.3) is 0 Å². The Labute approximate surface area is 121 Å². The predicted octanol–water partition coefficient (Wildman–Crippen LogP) is 0.00750. The van der Waals surface area contributed by atoms with E-state index in [-0.39, 0.29) is 24.8 Å². The smallest absolute Gasteiger partial charge is 0.246 e. The minimum Gasteiger partial charge on any atom is -0.319 e. The molecule has 7 nitrogen and oxygen atoms in total. The average Bonchev–Trinajstić information content (AvgIpc) is 2.96. The molecule has 1 aliphatic heterocycles. The van der Waals surface area contributed by atoms with Crippen molar-refractivity contribution in [1.82, 2.24) is 19.9 Å². The second-order valence-electron chi connectivity index (χ2n) is 4.80. The van der Waals surface area contributed by atoms with Crippen LogP contribution in [0.2, 0.25) is 0 Å². The third-order valence-corrected chi connectivity index (χ3v) is 3.87. The Hall–Kier alpha value is -1.41. The van der Waals surface area contributed by atoms with Crippen LogP contribution >= 0.6 is 11.8 Å². The monoisotopic (exact) mass is 297 g/mol. The van der Waals surface area contributed by atoms with E-state index in [1.54, 1.807) is 10.9 Å². The molecule has 2 heterocycles. The van der Waals surface area contributed by atoms with Crippen molar-refractivity contribution >= 4 is 23.6 Å². The zero-order valence-electron chi connectivity index (χ0n) is 11.5. The number of carbonyl (C=O) groups is 2. The van der Waals surface area contributed by atoms with Crippen LogP contribution in [0.15, 0.2) is 6.20 Å². The van der Waals surface area contributed by atoms with Gasteiger partial charge in [0.05, 0.1) is 25.2 Å². The number of carbonyl (C=O) groups excluding carboxylic acids is 2. The maximum absolute atomic E-state index is 11.7. The molecule has 0 saturated carbocycles. The van der Waals surface area contributed by atoms with Gasteiger partial charge in [-0.3, -0.25) is 19.2 Å². The van der Waals surface area contributed by atoms with Gasteiger partial charge in [0.1, 0.15) is 5.69 Å². The molecule has 0 aliphatic carbocycles. The van der Waals surface area contributed by atoms with Crippen LogP contribution in [0, 0.1) is 0 Å². The molecule has 20 heavy (non-hydrogen) atoms. The second kappa shape index (κ2) is 6.85. The Morgan fingerprint density at radius 2 is 2.25 bits per heavy atom. The van der Waals surface area contributed by atoms with Gasteiger partial charge >= 0.3 is 0 Å². The van der Waals surface area contributed by atoms with Crippen molar-refractivity contribution in [2.75, 3.05) is 12.0 Å². The van der Waals surface area contributed by atoms with E-state index in [1.807, 2.05) is 11.8 Å². The third kappa shape index (κ3) is 3.57. The zero-order chi connectivity index (χ0) is 14.5. The van der Waals surface area contributed by atoms with Crippen LogP contribution in [0.25, 0.3) is 0 Å². The number of nitrogens with zero attached hydrogens (tertiary/aromatic N) is 4. The first kappa shape index (κ1) is 15.0. The number of hydrogen-bond donors (Lipinski definition) is 1. The highest BCUT2D eigenvalue weighted by Crippen LogP contribution is 2.14. The summed E-state index contributed by atoms with van der Waals surface area (Å²) in [4.78, 5) is 24.5. The number of likely N-dealkylation sites (tertiary alicyclic amines) is 1. The first-order valence-corrected chi connectivity index (χ1v) is 7.99. The van der Waals surface area contributed by atoms with Crippen LogP contribution in [0.5, 0.6) is 0 Å². The first-order valence-electron chi connectivity index (χ1n) is 6.59. The zero-order valence-corrected chi connectivity index (χ0v) is 12.3. The molecule has 1 atom stereocenters. The average molecular weight is 297 g/mol. The van der Waals surface area contributed by atoms with Gasteiger partial charge in [0, 0.05) is 6.54 Å². The maximum Gasteiger partial charge on any atom is 0.246 e. The maximum atomic E-state index is 11.7. The molecule has 1 aliphatic rings. The minimum absolute atomic E-state index is 0.0850. The van der Waals surface area contributed by atoms with Crippen molar-refractivity contribution in [2.45, 2.75) is 38.4 Å². The van der Waals surface area contributed by atoms with Crippen LogP contribution in [0.1, 0.15) is 25.0 Å². The van der Waals surface area contributed by atoms with E-state index < -0.39 is 6.04 Å². The number of unbranched alkanes of at least 4 members (excludes halogenated alkanes) is 1. The number of thioether (sulfide) groups is 1. The molecule has 1 aromatic heterocycles. The molecule has 0 spiro atoms. The summed E-state index contributed by atoms with van der Waals surface area (Å²) in [6, 6.07) is -0.705. The number of nitrogens with two attached hydrogens (primary N) is 1. The lowest BCUT2D eigenvalue weighted by molar-refractivity contribution is -0.139. The lowest BCUT2D eigenvalue weighted by Crippen LogP contribution is -2.34. The fourth-order valence-corrected chi connectivity index (χ4v) is 2.57. The molecule has 1 aromatic rings. The Kier molecular flexibility index (Phi) is 5.13. The number of aryl methyl sites for hydroxylation is 1. The molecule has 0 aromatic carbocycles. The van der Waals surface area contributed by atoms with E-state index in [4.69, 9.17) is 5.73 Å². The van der Waals surface area contributed by atoms with Crippen molar-refractivity contribution < 1.29 is 9.59 Å². The van der Waals surface area contributed by atoms with E-state index >= 15 is 0 Å². The fraction of sp³-hybridized carbons (Fsp3) is 0.667. The quantitative estimate of drug-likeness (QED) is 0.563. The molecule has 2 amide bonds. The van der Waals surface area contributed by atoms with Crippen LogP contribution < -0.4 is 5.73 Å². The molecular formula is C12H19N5O2S. The van der Waals surface area contributed by atoms with Crippen molar-refractivity contribution in [3.05, 3.63) is 11.9 Å². The molecular weight excluding hydrogens is 278 g/mol. The lowest BCUT2D eigenvalue weighted by Gasteiger charge is -2.11. The van der Waals surface area contributed by atoms with Crippen LogP contribution in [-0.4, -0.2) is 49.8 Å². The van der Waals surface area contributed by atoms with Crippen LogP contribution in [0.4, 0.5) is 0 Å². The van der Waals surface area contributed by atoms with Gasteiger partial charge in [-0.05, 0) is 24.9 Å². The highest BCUT2D eigenvalue weighted by atomic mass is 32.2. The van der Waals surface area contributed by atoms with Crippen LogP contribution in [-0.2, 0) is 22.7 Å². The molecule has 110 valence electrons. The largest absolute Gasteiger partial charge is 0.319 e. The van der Waals surface area contributed by atoms with E-state index in [1.165, 1.54) is 0 Å².